The summed E-state index contributed by atoms with van der Waals surface area (Å²) in [6.07, 6.45) is 5.27. The second-order valence-electron chi connectivity index (χ2n) is 9.57. The molecule has 0 unspecified atom stereocenters. The van der Waals surface area contributed by atoms with Crippen LogP contribution in [0.5, 0.6) is 0 Å². The van der Waals surface area contributed by atoms with Gasteiger partial charge < -0.3 is 4.90 Å². The zero-order chi connectivity index (χ0) is 25.9. The Morgan fingerprint density at radius 1 is 1.00 bits per heavy atom. The number of amides is 1. The molecule has 37 heavy (non-hydrogen) atoms. The number of pyridine rings is 1. The fourth-order valence-electron chi connectivity index (χ4n) is 5.13. The molecule has 7 heteroatoms. The summed E-state index contributed by atoms with van der Waals surface area (Å²) in [5.41, 5.74) is 5.06. The van der Waals surface area contributed by atoms with Crippen molar-refractivity contribution in [2.24, 2.45) is 0 Å². The van der Waals surface area contributed by atoms with Gasteiger partial charge in [-0.25, -0.2) is 9.37 Å². The van der Waals surface area contributed by atoms with E-state index < -0.39 is 0 Å². The molecule has 1 aliphatic heterocycles. The van der Waals surface area contributed by atoms with Crippen LogP contribution in [0.15, 0.2) is 66.9 Å². The van der Waals surface area contributed by atoms with Crippen LogP contribution in [0.4, 0.5) is 4.39 Å². The molecular weight excluding hydrogens is 489 g/mol. The lowest BCUT2D eigenvalue weighted by Crippen LogP contribution is -2.37. The first-order valence-corrected chi connectivity index (χ1v) is 13.1. The van der Waals surface area contributed by atoms with Crippen molar-refractivity contribution < 1.29 is 14.0 Å². The lowest BCUT2D eigenvalue weighted by molar-refractivity contribution is 0.0712. The summed E-state index contributed by atoms with van der Waals surface area (Å²) in [6.45, 7) is 3.36. The Bertz CT molecular complexity index is 1420. The number of carbonyl (C=O) groups is 2. The first kappa shape index (κ1) is 25.2. The van der Waals surface area contributed by atoms with E-state index in [2.05, 4.69) is 29.2 Å². The third-order valence-corrected chi connectivity index (χ3v) is 7.44. The number of hydrogen-bond donors (Lipinski definition) is 0. The second kappa shape index (κ2) is 10.9. The number of aromatic nitrogens is 2. The number of carbonyl (C=O) groups excluding carboxylic acids is 2. The molecule has 0 bridgehead atoms. The normalized spacial score (nSPS) is 14.3. The highest BCUT2D eigenvalue weighted by molar-refractivity contribution is 6.30. The molecule has 0 aliphatic carbocycles. The van der Waals surface area contributed by atoms with E-state index in [9.17, 15) is 14.0 Å². The number of aryl methyl sites for hydroxylation is 2. The van der Waals surface area contributed by atoms with Gasteiger partial charge in [0, 0.05) is 31.3 Å². The summed E-state index contributed by atoms with van der Waals surface area (Å²) >= 11 is 6.16. The van der Waals surface area contributed by atoms with Crippen molar-refractivity contribution in [2.45, 2.75) is 44.9 Å². The van der Waals surface area contributed by atoms with E-state index in [-0.39, 0.29) is 17.5 Å². The minimum atomic E-state index is -0.339. The fourth-order valence-corrected chi connectivity index (χ4v) is 5.29. The molecule has 190 valence electrons. The lowest BCUT2D eigenvalue weighted by Gasteiger charge is -2.32. The molecular formula is C30H29ClFN3O2. The summed E-state index contributed by atoms with van der Waals surface area (Å²) < 4.78 is 15.0. The molecule has 0 radical (unpaired) electrons. The molecule has 0 saturated carbocycles. The van der Waals surface area contributed by atoms with E-state index in [1.54, 1.807) is 28.8 Å². The van der Waals surface area contributed by atoms with Crippen LogP contribution in [0, 0.1) is 5.82 Å². The quantitative estimate of drug-likeness (QED) is 0.262. The molecule has 1 amide bonds. The Morgan fingerprint density at radius 3 is 2.38 bits per heavy atom. The maximum Gasteiger partial charge on any atom is 0.253 e. The highest BCUT2D eigenvalue weighted by Gasteiger charge is 2.25. The average Bonchev–Trinajstić information content (AvgIpc) is 3.30. The number of imidazole rings is 1. The van der Waals surface area contributed by atoms with Crippen molar-refractivity contribution in [2.75, 3.05) is 13.1 Å². The number of halogens is 2. The van der Waals surface area contributed by atoms with Crippen LogP contribution < -0.4 is 0 Å². The van der Waals surface area contributed by atoms with Crippen LogP contribution in [0.3, 0.4) is 0 Å². The van der Waals surface area contributed by atoms with Gasteiger partial charge in [-0.15, -0.1) is 0 Å². The number of rotatable bonds is 7. The molecule has 3 heterocycles. The van der Waals surface area contributed by atoms with E-state index in [1.807, 2.05) is 17.9 Å². The number of fused-ring (bicyclic) bond motifs is 1. The largest absolute Gasteiger partial charge is 0.339 e. The Kier molecular flexibility index (Phi) is 7.38. The maximum absolute atomic E-state index is 13.2. The molecule has 0 spiro atoms. The van der Waals surface area contributed by atoms with E-state index >= 15 is 0 Å². The van der Waals surface area contributed by atoms with Gasteiger partial charge >= 0.3 is 0 Å². The molecule has 0 atom stereocenters. The minimum absolute atomic E-state index is 0.0436. The predicted molar refractivity (Wildman–Crippen MR) is 143 cm³/mol. The monoisotopic (exact) mass is 517 g/mol. The van der Waals surface area contributed by atoms with E-state index in [0.717, 1.165) is 29.7 Å². The Hall–Kier alpha value is -3.51. The SMILES string of the molecule is CCc1nc2ccc(Cl)cn2c1C(=O)CCc1ccc(C2CCN(C(=O)c3ccc(F)cc3)CC2)cc1. The standard InChI is InChI=1S/C30H29ClFN3O2/c1-2-26-29(35-19-24(31)10-14-28(35)33-26)27(36)13-5-20-3-6-21(7-4-20)22-15-17-34(18-16-22)30(37)23-8-11-25(32)12-9-23/h3-4,6-12,14,19,22H,2,5,13,15-18H2,1H3. The predicted octanol–water partition coefficient (Wildman–Crippen LogP) is 6.52. The topological polar surface area (TPSA) is 54.7 Å². The number of piperidine rings is 1. The maximum atomic E-state index is 13.2. The first-order chi connectivity index (χ1) is 17.9. The Balaban J connectivity index is 1.18. The van der Waals surface area contributed by atoms with Crippen molar-refractivity contribution in [3.05, 3.63) is 106 Å². The molecule has 5 nitrogen and oxygen atoms in total. The molecule has 5 rings (SSSR count). The zero-order valence-electron chi connectivity index (χ0n) is 20.8. The summed E-state index contributed by atoms with van der Waals surface area (Å²) in [5.74, 6) is 0.0730. The molecule has 2 aromatic carbocycles. The lowest BCUT2D eigenvalue weighted by atomic mass is 9.88. The first-order valence-electron chi connectivity index (χ1n) is 12.8. The van der Waals surface area contributed by atoms with Crippen molar-refractivity contribution in [3.63, 3.8) is 0 Å². The summed E-state index contributed by atoms with van der Waals surface area (Å²) in [6, 6.07) is 17.8. The number of ketones is 1. The van der Waals surface area contributed by atoms with E-state index in [4.69, 9.17) is 11.6 Å². The molecule has 1 aliphatic rings. The third kappa shape index (κ3) is 5.44. The Labute approximate surface area is 220 Å². The number of nitrogens with zero attached hydrogens (tertiary/aromatic N) is 3. The third-order valence-electron chi connectivity index (χ3n) is 7.22. The van der Waals surface area contributed by atoms with Gasteiger partial charge in [0.25, 0.3) is 5.91 Å². The van der Waals surface area contributed by atoms with Crippen LogP contribution in [-0.2, 0) is 12.8 Å². The van der Waals surface area contributed by atoms with Crippen LogP contribution in [0.1, 0.15) is 69.8 Å². The van der Waals surface area contributed by atoms with Gasteiger partial charge in [-0.05, 0) is 79.1 Å². The van der Waals surface area contributed by atoms with Crippen LogP contribution in [0.2, 0.25) is 5.02 Å². The second-order valence-corrected chi connectivity index (χ2v) is 10.0. The highest BCUT2D eigenvalue weighted by atomic mass is 35.5. The summed E-state index contributed by atoms with van der Waals surface area (Å²) in [4.78, 5) is 32.3. The molecule has 2 aromatic heterocycles. The average molecular weight is 518 g/mol. The Morgan fingerprint density at radius 2 is 1.70 bits per heavy atom. The van der Waals surface area contributed by atoms with Crippen LogP contribution in [0.25, 0.3) is 5.65 Å². The molecule has 1 fully saturated rings. The molecule has 1 saturated heterocycles. The number of hydrogen-bond acceptors (Lipinski definition) is 3. The van der Waals surface area contributed by atoms with E-state index in [1.165, 1.54) is 17.7 Å². The van der Waals surface area contributed by atoms with Crippen molar-refractivity contribution in [1.29, 1.82) is 0 Å². The van der Waals surface area contributed by atoms with Gasteiger partial charge in [-0.3, -0.25) is 14.0 Å². The van der Waals surface area contributed by atoms with Crippen molar-refractivity contribution >= 4 is 28.9 Å². The number of benzene rings is 2. The molecule has 0 N–H and O–H groups in total. The van der Waals surface area contributed by atoms with Crippen LogP contribution >= 0.6 is 11.6 Å². The van der Waals surface area contributed by atoms with Gasteiger partial charge in [0.2, 0.25) is 0 Å². The van der Waals surface area contributed by atoms with Crippen LogP contribution in [-0.4, -0.2) is 39.1 Å². The van der Waals surface area contributed by atoms with Gasteiger partial charge in [-0.2, -0.15) is 0 Å². The van der Waals surface area contributed by atoms with Gasteiger partial charge in [0.05, 0.1) is 10.7 Å². The van der Waals surface area contributed by atoms with Crippen molar-refractivity contribution in [1.82, 2.24) is 14.3 Å². The van der Waals surface area contributed by atoms with Gasteiger partial charge in [0.15, 0.2) is 5.78 Å². The van der Waals surface area contributed by atoms with E-state index in [0.29, 0.717) is 54.5 Å². The minimum Gasteiger partial charge on any atom is -0.339 e. The number of Topliss-reactive ketones (excluding diaryl/α,β-unsaturated/α-hetero) is 1. The highest BCUT2D eigenvalue weighted by Crippen LogP contribution is 2.29. The summed E-state index contributed by atoms with van der Waals surface area (Å²) in [5, 5.41) is 0.572. The number of likely N-dealkylation sites (tertiary alicyclic amines) is 1. The summed E-state index contributed by atoms with van der Waals surface area (Å²) in [7, 11) is 0. The van der Waals surface area contributed by atoms with Crippen molar-refractivity contribution in [3.8, 4) is 0 Å². The van der Waals surface area contributed by atoms with Gasteiger partial charge in [-0.1, -0.05) is 42.8 Å². The molecule has 4 aromatic rings. The zero-order valence-corrected chi connectivity index (χ0v) is 21.5. The fraction of sp³-hybridized carbons (Fsp3) is 0.300. The van der Waals surface area contributed by atoms with Gasteiger partial charge in [0.1, 0.15) is 17.2 Å². The smallest absolute Gasteiger partial charge is 0.253 e.